The molecule has 2 unspecified atom stereocenters. The van der Waals surface area contributed by atoms with Gasteiger partial charge in [0.1, 0.15) is 18.8 Å². The molecule has 1 aliphatic rings. The van der Waals surface area contributed by atoms with E-state index in [0.29, 0.717) is 29.2 Å². The number of methoxy groups -OCH3 is 1. The van der Waals surface area contributed by atoms with E-state index in [0.717, 1.165) is 5.69 Å². The minimum Gasteiger partial charge on any atom is -0.493 e. The number of benzene rings is 2. The lowest BCUT2D eigenvalue weighted by Gasteiger charge is -2.25. The van der Waals surface area contributed by atoms with E-state index in [1.165, 1.54) is 7.11 Å². The van der Waals surface area contributed by atoms with Crippen LogP contribution >= 0.6 is 0 Å². The first-order valence-corrected chi connectivity index (χ1v) is 8.55. The highest BCUT2D eigenvalue weighted by Gasteiger charge is 2.29. The van der Waals surface area contributed by atoms with Gasteiger partial charge in [0.2, 0.25) is 0 Å². The minimum absolute atomic E-state index is 0.0659. The molecule has 1 heterocycles. The van der Waals surface area contributed by atoms with Crippen molar-refractivity contribution in [1.29, 1.82) is 0 Å². The van der Waals surface area contributed by atoms with Crippen LogP contribution < -0.4 is 14.8 Å². The van der Waals surface area contributed by atoms with Gasteiger partial charge >= 0.3 is 0 Å². The second-order valence-electron chi connectivity index (χ2n) is 6.15. The highest BCUT2D eigenvalue weighted by atomic mass is 16.5. The van der Waals surface area contributed by atoms with Gasteiger partial charge in [-0.15, -0.1) is 0 Å². The van der Waals surface area contributed by atoms with Gasteiger partial charge in [0, 0.05) is 23.4 Å². The lowest BCUT2D eigenvalue weighted by Crippen LogP contribution is -2.29. The quantitative estimate of drug-likeness (QED) is 0.793. The van der Waals surface area contributed by atoms with Crippen LogP contribution in [0.3, 0.4) is 0 Å². The van der Waals surface area contributed by atoms with Gasteiger partial charge in [0.25, 0.3) is 0 Å². The summed E-state index contributed by atoms with van der Waals surface area (Å²) in [5.74, 6) is 0.881. The minimum atomic E-state index is -0.727. The third-order valence-electron chi connectivity index (χ3n) is 4.29. The second kappa shape index (κ2) is 8.21. The number of aliphatic hydroxyl groups excluding tert-OH is 1. The Morgan fingerprint density at radius 3 is 2.77 bits per heavy atom. The molecule has 2 N–H and O–H groups in total. The van der Waals surface area contributed by atoms with E-state index in [9.17, 15) is 9.90 Å². The number of ketones is 1. The van der Waals surface area contributed by atoms with E-state index in [1.807, 2.05) is 30.3 Å². The van der Waals surface area contributed by atoms with E-state index in [1.54, 1.807) is 19.1 Å². The third-order valence-corrected chi connectivity index (χ3v) is 4.29. The number of carbonyl (C=O) groups excluding carboxylic acids is 1. The van der Waals surface area contributed by atoms with E-state index in [2.05, 4.69) is 5.32 Å². The summed E-state index contributed by atoms with van der Waals surface area (Å²) in [5, 5.41) is 13.4. The Morgan fingerprint density at radius 1 is 1.27 bits per heavy atom. The van der Waals surface area contributed by atoms with Gasteiger partial charge in [0.05, 0.1) is 13.7 Å². The van der Waals surface area contributed by atoms with Gasteiger partial charge in [-0.05, 0) is 31.2 Å². The molecule has 0 saturated carbocycles. The van der Waals surface area contributed by atoms with Crippen molar-refractivity contribution in [3.63, 3.8) is 0 Å². The first kappa shape index (κ1) is 18.2. The summed E-state index contributed by atoms with van der Waals surface area (Å²) in [6.45, 7) is 2.41. The molecule has 0 fully saturated rings. The van der Waals surface area contributed by atoms with Crippen molar-refractivity contribution < 1.29 is 24.1 Å². The zero-order chi connectivity index (χ0) is 18.5. The summed E-state index contributed by atoms with van der Waals surface area (Å²) in [4.78, 5) is 12.3. The molecule has 6 heteroatoms. The second-order valence-corrected chi connectivity index (χ2v) is 6.15. The van der Waals surface area contributed by atoms with Crippen LogP contribution in [0.25, 0.3) is 0 Å². The van der Waals surface area contributed by atoms with Crippen LogP contribution in [0.2, 0.25) is 0 Å². The molecule has 0 bridgehead atoms. The number of hydrogen-bond donors (Lipinski definition) is 2. The van der Waals surface area contributed by atoms with E-state index < -0.39 is 12.2 Å². The number of aliphatic hydroxyl groups is 1. The fraction of sp³-hybridized carbons (Fsp3) is 0.350. The van der Waals surface area contributed by atoms with Crippen molar-refractivity contribution in [3.05, 3.63) is 53.6 Å². The first-order valence-electron chi connectivity index (χ1n) is 8.55. The summed E-state index contributed by atoms with van der Waals surface area (Å²) in [6.07, 6.45) is -1.20. The van der Waals surface area contributed by atoms with Crippen LogP contribution in [0.5, 0.6) is 11.5 Å². The Morgan fingerprint density at radius 2 is 2.04 bits per heavy atom. The molecule has 0 saturated heterocycles. The molecule has 0 spiro atoms. The van der Waals surface area contributed by atoms with Gasteiger partial charge in [-0.2, -0.15) is 0 Å². The van der Waals surface area contributed by atoms with Crippen molar-refractivity contribution in [3.8, 4) is 11.5 Å². The molecule has 6 nitrogen and oxygen atoms in total. The van der Waals surface area contributed by atoms with Gasteiger partial charge in [-0.25, -0.2) is 0 Å². The Kier molecular flexibility index (Phi) is 5.75. The SMILES string of the molecule is COc1ccc2c(c1OCC(O)CNc1ccccc1)COC(C)C2=O. The number of rotatable bonds is 7. The summed E-state index contributed by atoms with van der Waals surface area (Å²) in [5.41, 5.74) is 2.17. The molecule has 1 aliphatic heterocycles. The van der Waals surface area contributed by atoms with Gasteiger partial charge in [-0.3, -0.25) is 4.79 Å². The number of ether oxygens (including phenoxy) is 3. The number of hydrogen-bond acceptors (Lipinski definition) is 6. The molecule has 0 aliphatic carbocycles. The average Bonchev–Trinajstić information content (AvgIpc) is 2.68. The fourth-order valence-electron chi connectivity index (χ4n) is 2.83. The summed E-state index contributed by atoms with van der Waals surface area (Å²) in [7, 11) is 1.54. The Bertz CT molecular complexity index is 762. The molecule has 138 valence electrons. The number of Topliss-reactive ketones (excluding diaryl/α,β-unsaturated/α-hetero) is 1. The fourth-order valence-corrected chi connectivity index (χ4v) is 2.83. The molecule has 2 aromatic rings. The molecule has 0 amide bonds. The maximum atomic E-state index is 12.3. The average molecular weight is 357 g/mol. The predicted octanol–water partition coefficient (Wildman–Crippen LogP) is 2.65. The zero-order valence-corrected chi connectivity index (χ0v) is 14.9. The number of para-hydroxylation sites is 1. The normalized spacial score (nSPS) is 17.3. The van der Waals surface area contributed by atoms with Gasteiger partial charge < -0.3 is 24.6 Å². The Labute approximate surface area is 152 Å². The Hall–Kier alpha value is -2.57. The van der Waals surface area contributed by atoms with Crippen LogP contribution in [0.1, 0.15) is 22.8 Å². The molecule has 2 atom stereocenters. The Balaban J connectivity index is 1.68. The first-order chi connectivity index (χ1) is 12.6. The smallest absolute Gasteiger partial charge is 0.191 e. The maximum absolute atomic E-state index is 12.3. The molecule has 26 heavy (non-hydrogen) atoms. The highest BCUT2D eigenvalue weighted by molar-refractivity contribution is 6.02. The summed E-state index contributed by atoms with van der Waals surface area (Å²) >= 11 is 0. The monoisotopic (exact) mass is 357 g/mol. The highest BCUT2D eigenvalue weighted by Crippen LogP contribution is 2.37. The van der Waals surface area contributed by atoms with Gasteiger partial charge in [-0.1, -0.05) is 18.2 Å². The number of anilines is 1. The van der Waals surface area contributed by atoms with Crippen LogP contribution in [0.4, 0.5) is 5.69 Å². The molecule has 0 radical (unpaired) electrons. The van der Waals surface area contributed by atoms with E-state index >= 15 is 0 Å². The van der Waals surface area contributed by atoms with Crippen LogP contribution in [0.15, 0.2) is 42.5 Å². The van der Waals surface area contributed by atoms with E-state index in [-0.39, 0.29) is 19.0 Å². The molecule has 0 aromatic heterocycles. The van der Waals surface area contributed by atoms with Crippen LogP contribution in [-0.2, 0) is 11.3 Å². The van der Waals surface area contributed by atoms with Crippen molar-refractivity contribution in [2.24, 2.45) is 0 Å². The molecular weight excluding hydrogens is 334 g/mol. The lowest BCUT2D eigenvalue weighted by molar-refractivity contribution is 0.0318. The maximum Gasteiger partial charge on any atom is 0.191 e. The lowest BCUT2D eigenvalue weighted by atomic mass is 9.97. The molecular formula is C20H23NO5. The molecule has 2 aromatic carbocycles. The third kappa shape index (κ3) is 3.98. The number of fused-ring (bicyclic) bond motifs is 1. The van der Waals surface area contributed by atoms with E-state index in [4.69, 9.17) is 14.2 Å². The van der Waals surface area contributed by atoms with Crippen molar-refractivity contribution in [2.75, 3.05) is 25.6 Å². The van der Waals surface area contributed by atoms with Crippen molar-refractivity contribution in [2.45, 2.75) is 25.7 Å². The van der Waals surface area contributed by atoms with Crippen LogP contribution in [-0.4, -0.2) is 43.4 Å². The largest absolute Gasteiger partial charge is 0.493 e. The summed E-state index contributed by atoms with van der Waals surface area (Å²) in [6, 6.07) is 13.1. The standard InChI is InChI=1S/C20H23NO5/c1-13-19(23)16-8-9-18(24-2)20(17(16)12-25-13)26-11-15(22)10-21-14-6-4-3-5-7-14/h3-9,13,15,21-22H,10-12H2,1-2H3. The van der Waals surface area contributed by atoms with Crippen LogP contribution in [0, 0.1) is 0 Å². The molecule has 3 rings (SSSR count). The van der Waals surface area contributed by atoms with Crippen molar-refractivity contribution in [1.82, 2.24) is 0 Å². The van der Waals surface area contributed by atoms with Gasteiger partial charge in [0.15, 0.2) is 17.3 Å². The predicted molar refractivity (Wildman–Crippen MR) is 98.0 cm³/mol. The van der Waals surface area contributed by atoms with Crippen molar-refractivity contribution >= 4 is 11.5 Å². The number of carbonyl (C=O) groups is 1. The topological polar surface area (TPSA) is 77.0 Å². The number of nitrogens with one attached hydrogen (secondary N) is 1. The summed E-state index contributed by atoms with van der Waals surface area (Å²) < 4.78 is 16.7. The zero-order valence-electron chi connectivity index (χ0n) is 14.9.